The van der Waals surface area contributed by atoms with Crippen LogP contribution in [0.4, 0.5) is 5.69 Å². The molecule has 1 aromatic rings. The number of anilines is 1. The summed E-state index contributed by atoms with van der Waals surface area (Å²) in [6, 6.07) is 6.00. The van der Waals surface area contributed by atoms with Gasteiger partial charge in [0, 0.05) is 23.8 Å². The van der Waals surface area contributed by atoms with E-state index in [0.29, 0.717) is 0 Å². The monoisotopic (exact) mass is 212 g/mol. The average Bonchev–Trinajstić information content (AvgIpc) is 2.10. The van der Waals surface area contributed by atoms with Crippen molar-refractivity contribution >= 4 is 17.3 Å². The van der Waals surface area contributed by atoms with E-state index in [1.165, 1.54) is 0 Å². The van der Waals surface area contributed by atoms with E-state index in [4.69, 9.17) is 11.6 Å². The standard InChI is InChI=1S/C11H17ClN2/c1-9-8-10(4-5-11(9)12)13-6-7-14(2)3/h4-5,8,13H,6-7H2,1-3H3. The Balaban J connectivity index is 2.47. The minimum atomic E-state index is 0.822. The highest BCUT2D eigenvalue weighted by atomic mass is 35.5. The summed E-state index contributed by atoms with van der Waals surface area (Å²) in [6.45, 7) is 4.00. The van der Waals surface area contributed by atoms with Crippen LogP contribution in [0.5, 0.6) is 0 Å². The van der Waals surface area contributed by atoms with Gasteiger partial charge < -0.3 is 10.2 Å². The summed E-state index contributed by atoms with van der Waals surface area (Å²) in [5.74, 6) is 0. The van der Waals surface area contributed by atoms with Crippen LogP contribution < -0.4 is 5.32 Å². The van der Waals surface area contributed by atoms with E-state index >= 15 is 0 Å². The smallest absolute Gasteiger partial charge is 0.0436 e. The summed E-state index contributed by atoms with van der Waals surface area (Å²) in [4.78, 5) is 2.15. The van der Waals surface area contributed by atoms with E-state index in [9.17, 15) is 0 Å². The third-order valence-corrected chi connectivity index (χ3v) is 2.47. The van der Waals surface area contributed by atoms with Crippen molar-refractivity contribution in [1.82, 2.24) is 4.90 Å². The SMILES string of the molecule is Cc1cc(NCCN(C)C)ccc1Cl. The van der Waals surface area contributed by atoms with Crippen molar-refractivity contribution < 1.29 is 0 Å². The highest BCUT2D eigenvalue weighted by Gasteiger charge is 1.96. The molecule has 3 heteroatoms. The fraction of sp³-hybridized carbons (Fsp3) is 0.455. The number of aryl methyl sites for hydroxylation is 1. The number of halogens is 1. The first kappa shape index (κ1) is 11.3. The minimum absolute atomic E-state index is 0.822. The van der Waals surface area contributed by atoms with Crippen molar-refractivity contribution in [1.29, 1.82) is 0 Å². The van der Waals surface area contributed by atoms with Gasteiger partial charge in [-0.2, -0.15) is 0 Å². The number of nitrogens with one attached hydrogen (secondary N) is 1. The fourth-order valence-electron chi connectivity index (χ4n) is 1.18. The molecular weight excluding hydrogens is 196 g/mol. The summed E-state index contributed by atoms with van der Waals surface area (Å²) in [5, 5.41) is 4.17. The lowest BCUT2D eigenvalue weighted by atomic mass is 10.2. The Morgan fingerprint density at radius 1 is 1.36 bits per heavy atom. The Bertz CT molecular complexity index is 297. The van der Waals surface area contributed by atoms with Crippen LogP contribution in [0.25, 0.3) is 0 Å². The molecule has 2 nitrogen and oxygen atoms in total. The summed E-state index contributed by atoms with van der Waals surface area (Å²) in [5.41, 5.74) is 2.25. The number of hydrogen-bond acceptors (Lipinski definition) is 2. The van der Waals surface area contributed by atoms with Crippen molar-refractivity contribution in [3.63, 3.8) is 0 Å². The highest BCUT2D eigenvalue weighted by Crippen LogP contribution is 2.18. The maximum atomic E-state index is 5.93. The molecule has 1 aromatic carbocycles. The summed E-state index contributed by atoms with van der Waals surface area (Å²) in [6.07, 6.45) is 0. The van der Waals surface area contributed by atoms with Gasteiger partial charge in [0.15, 0.2) is 0 Å². The van der Waals surface area contributed by atoms with E-state index < -0.39 is 0 Å². The molecule has 0 saturated carbocycles. The first-order valence-corrected chi connectivity index (χ1v) is 5.12. The largest absolute Gasteiger partial charge is 0.384 e. The molecule has 0 aliphatic carbocycles. The van der Waals surface area contributed by atoms with Crippen molar-refractivity contribution in [2.45, 2.75) is 6.92 Å². The zero-order valence-electron chi connectivity index (χ0n) is 8.97. The van der Waals surface area contributed by atoms with Crippen LogP contribution in [0.3, 0.4) is 0 Å². The Hall–Kier alpha value is -0.730. The van der Waals surface area contributed by atoms with Gasteiger partial charge in [0.2, 0.25) is 0 Å². The molecule has 0 saturated heterocycles. The molecule has 0 aromatic heterocycles. The van der Waals surface area contributed by atoms with E-state index in [1.807, 2.05) is 19.1 Å². The molecule has 0 amide bonds. The predicted molar refractivity (Wildman–Crippen MR) is 63.2 cm³/mol. The molecule has 0 atom stereocenters. The van der Waals surface area contributed by atoms with Crippen LogP contribution in [-0.2, 0) is 0 Å². The van der Waals surface area contributed by atoms with Gasteiger partial charge in [-0.15, -0.1) is 0 Å². The van der Waals surface area contributed by atoms with Gasteiger partial charge in [0.05, 0.1) is 0 Å². The van der Waals surface area contributed by atoms with Crippen molar-refractivity contribution in [3.8, 4) is 0 Å². The normalized spacial score (nSPS) is 10.6. The molecule has 14 heavy (non-hydrogen) atoms. The van der Waals surface area contributed by atoms with Gasteiger partial charge in [-0.05, 0) is 44.8 Å². The molecule has 0 heterocycles. The van der Waals surface area contributed by atoms with Gasteiger partial charge in [-0.1, -0.05) is 11.6 Å². The number of likely N-dealkylation sites (N-methyl/N-ethyl adjacent to an activating group) is 1. The first-order chi connectivity index (χ1) is 6.59. The molecule has 0 bridgehead atoms. The van der Waals surface area contributed by atoms with E-state index in [2.05, 4.69) is 30.4 Å². The van der Waals surface area contributed by atoms with Crippen molar-refractivity contribution in [3.05, 3.63) is 28.8 Å². The molecule has 0 radical (unpaired) electrons. The number of benzene rings is 1. The third-order valence-electron chi connectivity index (χ3n) is 2.05. The molecule has 0 unspecified atom stereocenters. The quantitative estimate of drug-likeness (QED) is 0.826. The van der Waals surface area contributed by atoms with Gasteiger partial charge >= 0.3 is 0 Å². The number of hydrogen-bond donors (Lipinski definition) is 1. The van der Waals surface area contributed by atoms with Crippen LogP contribution in [0.1, 0.15) is 5.56 Å². The molecular formula is C11H17ClN2. The summed E-state index contributed by atoms with van der Waals surface area (Å²) in [7, 11) is 4.13. The Morgan fingerprint density at radius 3 is 2.64 bits per heavy atom. The van der Waals surface area contributed by atoms with Crippen LogP contribution in [0.2, 0.25) is 5.02 Å². The molecule has 1 N–H and O–H groups in total. The number of rotatable bonds is 4. The van der Waals surface area contributed by atoms with Crippen LogP contribution in [-0.4, -0.2) is 32.1 Å². The second-order valence-electron chi connectivity index (χ2n) is 3.69. The van der Waals surface area contributed by atoms with Crippen LogP contribution in [0.15, 0.2) is 18.2 Å². The summed E-state index contributed by atoms with van der Waals surface area (Å²) < 4.78 is 0. The van der Waals surface area contributed by atoms with Crippen LogP contribution >= 0.6 is 11.6 Å². The molecule has 0 aliphatic rings. The first-order valence-electron chi connectivity index (χ1n) is 4.74. The maximum absolute atomic E-state index is 5.93. The number of nitrogens with zero attached hydrogens (tertiary/aromatic N) is 1. The van der Waals surface area contributed by atoms with Crippen molar-refractivity contribution in [2.75, 3.05) is 32.5 Å². The molecule has 78 valence electrons. The molecule has 1 rings (SSSR count). The average molecular weight is 213 g/mol. The van der Waals surface area contributed by atoms with Crippen LogP contribution in [0, 0.1) is 6.92 Å². The lowest BCUT2D eigenvalue weighted by Crippen LogP contribution is -2.20. The minimum Gasteiger partial charge on any atom is -0.384 e. The van der Waals surface area contributed by atoms with E-state index in [1.54, 1.807) is 0 Å². The second kappa shape index (κ2) is 5.23. The molecule has 0 aliphatic heterocycles. The van der Waals surface area contributed by atoms with Gasteiger partial charge in [0.1, 0.15) is 0 Å². The molecule has 0 spiro atoms. The van der Waals surface area contributed by atoms with E-state index in [-0.39, 0.29) is 0 Å². The van der Waals surface area contributed by atoms with Gasteiger partial charge in [-0.3, -0.25) is 0 Å². The fourth-order valence-corrected chi connectivity index (χ4v) is 1.30. The Morgan fingerprint density at radius 2 is 2.07 bits per heavy atom. The summed E-state index contributed by atoms with van der Waals surface area (Å²) >= 11 is 5.93. The maximum Gasteiger partial charge on any atom is 0.0436 e. The topological polar surface area (TPSA) is 15.3 Å². The predicted octanol–water partition coefficient (Wildman–Crippen LogP) is 2.62. The lowest BCUT2D eigenvalue weighted by molar-refractivity contribution is 0.425. The van der Waals surface area contributed by atoms with E-state index in [0.717, 1.165) is 29.4 Å². The highest BCUT2D eigenvalue weighted by molar-refractivity contribution is 6.31. The Labute approximate surface area is 90.9 Å². The zero-order chi connectivity index (χ0) is 10.6. The van der Waals surface area contributed by atoms with Crippen molar-refractivity contribution in [2.24, 2.45) is 0 Å². The van der Waals surface area contributed by atoms with Gasteiger partial charge in [-0.25, -0.2) is 0 Å². The Kier molecular flexibility index (Phi) is 4.23. The third kappa shape index (κ3) is 3.56. The van der Waals surface area contributed by atoms with Gasteiger partial charge in [0.25, 0.3) is 0 Å². The second-order valence-corrected chi connectivity index (χ2v) is 4.10. The lowest BCUT2D eigenvalue weighted by Gasteiger charge is -2.11. The zero-order valence-corrected chi connectivity index (χ0v) is 9.73. The molecule has 0 fully saturated rings.